The summed E-state index contributed by atoms with van der Waals surface area (Å²) in [5, 5.41) is 12.5. The van der Waals surface area contributed by atoms with Crippen LogP contribution in [0, 0.1) is 0 Å². The molecule has 2 aromatic rings. The molecular weight excluding hydrogens is 244 g/mol. The van der Waals surface area contributed by atoms with E-state index >= 15 is 0 Å². The molecule has 0 spiro atoms. The lowest BCUT2D eigenvalue weighted by atomic mass is 10.1. The lowest BCUT2D eigenvalue weighted by Crippen LogP contribution is -2.34. The van der Waals surface area contributed by atoms with Crippen LogP contribution in [0.3, 0.4) is 0 Å². The highest BCUT2D eigenvalue weighted by atomic mass is 16.3. The van der Waals surface area contributed by atoms with Gasteiger partial charge >= 0.3 is 0 Å². The van der Waals surface area contributed by atoms with Crippen LogP contribution in [0.4, 0.5) is 0 Å². The zero-order valence-electron chi connectivity index (χ0n) is 10.5. The number of aliphatic hydroxyl groups is 1. The molecule has 1 aliphatic heterocycles. The maximum absolute atomic E-state index is 12.1. The molecule has 0 aliphatic carbocycles. The molecule has 19 heavy (non-hydrogen) atoms. The Bertz CT molecular complexity index is 647. The normalized spacial score (nSPS) is 16.9. The Hall–Kier alpha value is -1.79. The third kappa shape index (κ3) is 2.24. The summed E-state index contributed by atoms with van der Waals surface area (Å²) >= 11 is 0. The van der Waals surface area contributed by atoms with Gasteiger partial charge in [0.25, 0.3) is 5.56 Å². The molecule has 0 saturated carbocycles. The van der Waals surface area contributed by atoms with Crippen molar-refractivity contribution in [2.45, 2.75) is 25.5 Å². The summed E-state index contributed by atoms with van der Waals surface area (Å²) in [6.07, 6.45) is 3.17. The summed E-state index contributed by atoms with van der Waals surface area (Å²) in [6.45, 7) is 1.67. The summed E-state index contributed by atoms with van der Waals surface area (Å²) in [4.78, 5) is 20.6. The molecule has 1 saturated heterocycles. The first-order chi connectivity index (χ1) is 9.29. The quantitative estimate of drug-likeness (QED) is 0.806. The Morgan fingerprint density at radius 2 is 2.16 bits per heavy atom. The average molecular weight is 260 g/mol. The highest BCUT2D eigenvalue weighted by Crippen LogP contribution is 2.20. The molecule has 1 aliphatic rings. The van der Waals surface area contributed by atoms with E-state index in [1.807, 2.05) is 0 Å². The Morgan fingerprint density at radius 1 is 1.37 bits per heavy atom. The molecule has 0 unspecified atom stereocenters. The summed E-state index contributed by atoms with van der Waals surface area (Å²) in [5.74, 6) is 0. The van der Waals surface area contributed by atoms with Crippen LogP contribution in [0.2, 0.25) is 0 Å². The molecule has 0 amide bonds. The number of nitrogens with zero attached hydrogens (tertiary/aromatic N) is 3. The molecule has 6 heteroatoms. The molecule has 0 atom stereocenters. The van der Waals surface area contributed by atoms with E-state index in [1.165, 1.54) is 6.20 Å². The van der Waals surface area contributed by atoms with Crippen LogP contribution < -0.4 is 10.9 Å². The maximum atomic E-state index is 12.1. The molecule has 2 aromatic heterocycles. The Labute approximate surface area is 110 Å². The second-order valence-electron chi connectivity index (χ2n) is 4.75. The fourth-order valence-electron chi connectivity index (χ4n) is 2.56. The molecule has 0 bridgehead atoms. The van der Waals surface area contributed by atoms with Gasteiger partial charge in [0.15, 0.2) is 5.65 Å². The van der Waals surface area contributed by atoms with Crippen molar-refractivity contribution >= 4 is 11.2 Å². The van der Waals surface area contributed by atoms with Gasteiger partial charge in [-0.2, -0.15) is 0 Å². The van der Waals surface area contributed by atoms with Gasteiger partial charge in [-0.25, -0.2) is 9.97 Å². The minimum absolute atomic E-state index is 0.123. The van der Waals surface area contributed by atoms with E-state index in [2.05, 4.69) is 15.3 Å². The van der Waals surface area contributed by atoms with E-state index in [4.69, 9.17) is 0 Å². The summed E-state index contributed by atoms with van der Waals surface area (Å²) in [7, 11) is 0. The Balaban J connectivity index is 2.19. The zero-order valence-corrected chi connectivity index (χ0v) is 10.5. The number of aromatic nitrogens is 3. The van der Waals surface area contributed by atoms with Crippen LogP contribution >= 0.6 is 0 Å². The number of rotatable bonds is 2. The lowest BCUT2D eigenvalue weighted by molar-refractivity contribution is 0.277. The number of hydrogen-bond acceptors (Lipinski definition) is 5. The van der Waals surface area contributed by atoms with Gasteiger partial charge in [0, 0.05) is 6.04 Å². The first-order valence-electron chi connectivity index (χ1n) is 6.48. The number of piperidine rings is 1. The Morgan fingerprint density at radius 3 is 2.89 bits per heavy atom. The van der Waals surface area contributed by atoms with Crippen molar-refractivity contribution in [3.05, 3.63) is 34.4 Å². The van der Waals surface area contributed by atoms with E-state index < -0.39 is 0 Å². The smallest absolute Gasteiger partial charge is 0.270 e. The molecular formula is C13H16N4O2. The molecule has 0 aromatic carbocycles. The zero-order chi connectivity index (χ0) is 13.2. The predicted octanol–water partition coefficient (Wildman–Crippen LogP) is 0.208. The maximum Gasteiger partial charge on any atom is 0.270 e. The summed E-state index contributed by atoms with van der Waals surface area (Å²) in [5.41, 5.74) is 1.70. The predicted molar refractivity (Wildman–Crippen MR) is 70.9 cm³/mol. The van der Waals surface area contributed by atoms with Crippen molar-refractivity contribution in [3.63, 3.8) is 0 Å². The van der Waals surface area contributed by atoms with Crippen molar-refractivity contribution in [1.82, 2.24) is 19.9 Å². The first kappa shape index (κ1) is 12.3. The fraction of sp³-hybridized carbons (Fsp3) is 0.462. The monoisotopic (exact) mass is 260 g/mol. The molecule has 6 nitrogen and oxygen atoms in total. The van der Waals surface area contributed by atoms with E-state index in [0.717, 1.165) is 25.9 Å². The fourth-order valence-corrected chi connectivity index (χ4v) is 2.56. The van der Waals surface area contributed by atoms with Crippen molar-refractivity contribution in [1.29, 1.82) is 0 Å². The highest BCUT2D eigenvalue weighted by Gasteiger charge is 2.19. The van der Waals surface area contributed by atoms with E-state index in [1.54, 1.807) is 16.7 Å². The second-order valence-corrected chi connectivity index (χ2v) is 4.75. The van der Waals surface area contributed by atoms with Crippen molar-refractivity contribution in [2.75, 3.05) is 13.1 Å². The summed E-state index contributed by atoms with van der Waals surface area (Å²) < 4.78 is 1.72. The van der Waals surface area contributed by atoms with E-state index in [-0.39, 0.29) is 18.2 Å². The van der Waals surface area contributed by atoms with Gasteiger partial charge in [-0.15, -0.1) is 0 Å². The van der Waals surface area contributed by atoms with Crippen molar-refractivity contribution in [2.24, 2.45) is 0 Å². The number of fused-ring (bicyclic) bond motifs is 1. The molecule has 1 fully saturated rings. The van der Waals surface area contributed by atoms with Crippen LogP contribution in [0.15, 0.2) is 23.1 Å². The van der Waals surface area contributed by atoms with Gasteiger partial charge in [-0.05, 0) is 38.1 Å². The molecule has 3 heterocycles. The first-order valence-corrected chi connectivity index (χ1v) is 6.48. The number of aliphatic hydroxyl groups excluding tert-OH is 1. The van der Waals surface area contributed by atoms with E-state index in [9.17, 15) is 9.90 Å². The van der Waals surface area contributed by atoms with Crippen LogP contribution in [0.25, 0.3) is 11.2 Å². The standard InChI is InChI=1S/C13H16N4O2/c18-8-9-1-2-11-13(16-9)17(12(19)7-15-11)10-3-5-14-6-4-10/h1-2,7,10,14,18H,3-6,8H2. The van der Waals surface area contributed by atoms with Crippen LogP contribution in [-0.2, 0) is 6.61 Å². The second kappa shape index (κ2) is 5.07. The minimum Gasteiger partial charge on any atom is -0.390 e. The third-order valence-electron chi connectivity index (χ3n) is 3.53. The topological polar surface area (TPSA) is 80.0 Å². The Kier molecular flexibility index (Phi) is 3.27. The van der Waals surface area contributed by atoms with E-state index in [0.29, 0.717) is 16.9 Å². The minimum atomic E-state index is -0.134. The van der Waals surface area contributed by atoms with Gasteiger partial charge < -0.3 is 10.4 Å². The summed E-state index contributed by atoms with van der Waals surface area (Å²) in [6, 6.07) is 3.68. The van der Waals surface area contributed by atoms with Crippen molar-refractivity contribution < 1.29 is 5.11 Å². The van der Waals surface area contributed by atoms with Gasteiger partial charge in [-0.1, -0.05) is 0 Å². The molecule has 2 N–H and O–H groups in total. The van der Waals surface area contributed by atoms with Crippen LogP contribution in [0.1, 0.15) is 24.6 Å². The van der Waals surface area contributed by atoms with Gasteiger partial charge in [0.05, 0.1) is 18.5 Å². The molecule has 100 valence electrons. The lowest BCUT2D eigenvalue weighted by Gasteiger charge is -2.25. The van der Waals surface area contributed by atoms with Gasteiger partial charge in [-0.3, -0.25) is 9.36 Å². The largest absolute Gasteiger partial charge is 0.390 e. The average Bonchev–Trinajstić information content (AvgIpc) is 2.47. The van der Waals surface area contributed by atoms with Crippen LogP contribution in [-0.4, -0.2) is 32.7 Å². The number of pyridine rings is 1. The van der Waals surface area contributed by atoms with Crippen LogP contribution in [0.5, 0.6) is 0 Å². The molecule has 0 radical (unpaired) electrons. The number of hydrogen-bond donors (Lipinski definition) is 2. The van der Waals surface area contributed by atoms with Gasteiger partial charge in [0.2, 0.25) is 0 Å². The van der Waals surface area contributed by atoms with Gasteiger partial charge in [0.1, 0.15) is 5.52 Å². The third-order valence-corrected chi connectivity index (χ3v) is 3.53. The SMILES string of the molecule is O=c1cnc2ccc(CO)nc2n1C1CCNCC1. The number of nitrogens with one attached hydrogen (secondary N) is 1. The molecule has 3 rings (SSSR count). The highest BCUT2D eigenvalue weighted by molar-refractivity contribution is 5.70. The van der Waals surface area contributed by atoms with Crippen molar-refractivity contribution in [3.8, 4) is 0 Å².